The maximum absolute atomic E-state index is 11.7. The van der Waals surface area contributed by atoms with Crippen LogP contribution >= 0.6 is 0 Å². The molecule has 1 aliphatic rings. The Bertz CT molecular complexity index is 623. The van der Waals surface area contributed by atoms with E-state index in [-0.39, 0.29) is 11.8 Å². The van der Waals surface area contributed by atoms with Gasteiger partial charge in [-0.1, -0.05) is 5.16 Å². The van der Waals surface area contributed by atoms with Crippen molar-refractivity contribution < 1.29 is 9.32 Å². The Morgan fingerprint density at radius 2 is 1.90 bits per heavy atom. The molecule has 110 valence electrons. The van der Waals surface area contributed by atoms with Crippen LogP contribution in [0, 0.1) is 19.8 Å². The van der Waals surface area contributed by atoms with E-state index in [9.17, 15) is 4.79 Å². The molecule has 1 amide bonds. The van der Waals surface area contributed by atoms with Gasteiger partial charge in [-0.2, -0.15) is 0 Å². The molecule has 0 spiro atoms. The Kier molecular flexibility index (Phi) is 3.64. The minimum absolute atomic E-state index is 0.131. The second-order valence-corrected chi connectivity index (χ2v) is 5.50. The summed E-state index contributed by atoms with van der Waals surface area (Å²) in [6, 6.07) is 7.74. The van der Waals surface area contributed by atoms with E-state index in [0.717, 1.165) is 41.2 Å². The summed E-state index contributed by atoms with van der Waals surface area (Å²) in [5.41, 5.74) is 3.84. The summed E-state index contributed by atoms with van der Waals surface area (Å²) in [6.45, 7) is 4.52. The molecule has 3 rings (SSSR count). The minimum Gasteiger partial charge on any atom is -0.381 e. The van der Waals surface area contributed by atoms with Crippen LogP contribution in [0.3, 0.4) is 0 Å². The third-order valence-electron chi connectivity index (χ3n) is 3.75. The van der Waals surface area contributed by atoms with E-state index in [1.807, 2.05) is 38.1 Å². The Balaban J connectivity index is 1.58. The van der Waals surface area contributed by atoms with Crippen molar-refractivity contribution in [2.45, 2.75) is 33.2 Å². The van der Waals surface area contributed by atoms with Gasteiger partial charge in [0.1, 0.15) is 5.76 Å². The van der Waals surface area contributed by atoms with Crippen LogP contribution in [0.4, 0.5) is 11.4 Å². The van der Waals surface area contributed by atoms with Gasteiger partial charge in [0.05, 0.1) is 5.69 Å². The number of aryl methyl sites for hydroxylation is 2. The molecule has 2 N–H and O–H groups in total. The average molecular weight is 285 g/mol. The summed E-state index contributed by atoms with van der Waals surface area (Å²) in [6.07, 6.45) is 2.03. The van der Waals surface area contributed by atoms with Gasteiger partial charge >= 0.3 is 0 Å². The van der Waals surface area contributed by atoms with Crippen molar-refractivity contribution in [2.75, 3.05) is 10.6 Å². The molecule has 0 bridgehead atoms. The third-order valence-corrected chi connectivity index (χ3v) is 3.75. The van der Waals surface area contributed by atoms with Gasteiger partial charge in [0, 0.05) is 29.4 Å². The molecule has 0 radical (unpaired) electrons. The number of anilines is 2. The quantitative estimate of drug-likeness (QED) is 0.885. The van der Waals surface area contributed by atoms with Crippen LogP contribution in [0.5, 0.6) is 0 Å². The van der Waals surface area contributed by atoms with Gasteiger partial charge in [-0.15, -0.1) is 0 Å². The molecule has 1 aromatic carbocycles. The van der Waals surface area contributed by atoms with Gasteiger partial charge in [0.2, 0.25) is 5.91 Å². The second kappa shape index (κ2) is 5.60. The molecule has 5 heteroatoms. The van der Waals surface area contributed by atoms with Gasteiger partial charge in [-0.25, -0.2) is 0 Å². The molecule has 1 aliphatic carbocycles. The zero-order valence-electron chi connectivity index (χ0n) is 12.3. The van der Waals surface area contributed by atoms with E-state index >= 15 is 0 Å². The second-order valence-electron chi connectivity index (χ2n) is 5.50. The first-order chi connectivity index (χ1) is 10.1. The van der Waals surface area contributed by atoms with Crippen molar-refractivity contribution in [1.82, 2.24) is 5.16 Å². The highest BCUT2D eigenvalue weighted by atomic mass is 16.5. The maximum Gasteiger partial charge on any atom is 0.227 e. The summed E-state index contributed by atoms with van der Waals surface area (Å²) in [7, 11) is 0. The molecule has 0 unspecified atom stereocenters. The van der Waals surface area contributed by atoms with Crippen LogP contribution in [0.1, 0.15) is 29.9 Å². The first-order valence-electron chi connectivity index (χ1n) is 7.20. The molecule has 1 fully saturated rings. The molecule has 1 aromatic heterocycles. The van der Waals surface area contributed by atoms with E-state index in [1.165, 1.54) is 0 Å². The normalized spacial score (nSPS) is 14.0. The monoisotopic (exact) mass is 285 g/mol. The predicted molar refractivity (Wildman–Crippen MR) is 81.1 cm³/mol. The van der Waals surface area contributed by atoms with E-state index in [0.29, 0.717) is 6.54 Å². The number of rotatable bonds is 5. The fraction of sp³-hybridized carbons (Fsp3) is 0.375. The topological polar surface area (TPSA) is 67.2 Å². The zero-order chi connectivity index (χ0) is 14.8. The lowest BCUT2D eigenvalue weighted by Crippen LogP contribution is -2.13. The van der Waals surface area contributed by atoms with E-state index in [2.05, 4.69) is 15.8 Å². The van der Waals surface area contributed by atoms with Gasteiger partial charge in [0.15, 0.2) is 0 Å². The number of benzene rings is 1. The molecule has 21 heavy (non-hydrogen) atoms. The number of carbonyl (C=O) groups is 1. The largest absolute Gasteiger partial charge is 0.381 e. The number of nitrogens with zero attached hydrogens (tertiary/aromatic N) is 1. The summed E-state index contributed by atoms with van der Waals surface area (Å²) in [5, 5.41) is 10.2. The van der Waals surface area contributed by atoms with Crippen molar-refractivity contribution in [2.24, 2.45) is 5.92 Å². The van der Waals surface area contributed by atoms with Crippen molar-refractivity contribution in [3.8, 4) is 0 Å². The Labute approximate surface area is 123 Å². The van der Waals surface area contributed by atoms with E-state index < -0.39 is 0 Å². The number of nitrogens with one attached hydrogen (secondary N) is 2. The van der Waals surface area contributed by atoms with Gasteiger partial charge in [0.25, 0.3) is 0 Å². The molecule has 1 saturated carbocycles. The Morgan fingerprint density at radius 3 is 2.48 bits per heavy atom. The summed E-state index contributed by atoms with van der Waals surface area (Å²) >= 11 is 0. The number of amides is 1. The fourth-order valence-electron chi connectivity index (χ4n) is 2.21. The Morgan fingerprint density at radius 1 is 1.24 bits per heavy atom. The highest BCUT2D eigenvalue weighted by Crippen LogP contribution is 2.30. The van der Waals surface area contributed by atoms with Crippen LogP contribution < -0.4 is 10.6 Å². The van der Waals surface area contributed by atoms with E-state index in [4.69, 9.17) is 4.52 Å². The first-order valence-corrected chi connectivity index (χ1v) is 7.20. The molecule has 0 atom stereocenters. The molecule has 1 heterocycles. The summed E-state index contributed by atoms with van der Waals surface area (Å²) in [4.78, 5) is 11.7. The van der Waals surface area contributed by atoms with Crippen molar-refractivity contribution in [3.63, 3.8) is 0 Å². The number of aromatic nitrogens is 1. The standard InChI is InChI=1S/C16H19N3O2/c1-10-15(11(2)21-19-10)9-17-13-5-7-14(8-6-13)18-16(20)12-3-4-12/h5-8,12,17H,3-4,9H2,1-2H3,(H,18,20). The van der Waals surface area contributed by atoms with Gasteiger partial charge < -0.3 is 15.2 Å². The van der Waals surface area contributed by atoms with E-state index in [1.54, 1.807) is 0 Å². The number of carbonyl (C=O) groups excluding carboxylic acids is 1. The Hall–Kier alpha value is -2.30. The van der Waals surface area contributed by atoms with Crippen LogP contribution in [-0.4, -0.2) is 11.1 Å². The molecular weight excluding hydrogens is 266 g/mol. The van der Waals surface area contributed by atoms with Gasteiger partial charge in [-0.05, 0) is 51.0 Å². The van der Waals surface area contributed by atoms with Gasteiger partial charge in [-0.3, -0.25) is 4.79 Å². The molecular formula is C16H19N3O2. The number of hydrogen-bond donors (Lipinski definition) is 2. The lowest BCUT2D eigenvalue weighted by molar-refractivity contribution is -0.117. The van der Waals surface area contributed by atoms with Crippen LogP contribution in [0.25, 0.3) is 0 Å². The van der Waals surface area contributed by atoms with Crippen LogP contribution in [0.15, 0.2) is 28.8 Å². The van der Waals surface area contributed by atoms with Crippen molar-refractivity contribution in [3.05, 3.63) is 41.3 Å². The minimum atomic E-state index is 0.131. The molecule has 5 nitrogen and oxygen atoms in total. The van der Waals surface area contributed by atoms with Crippen LogP contribution in [0.2, 0.25) is 0 Å². The number of hydrogen-bond acceptors (Lipinski definition) is 4. The third kappa shape index (κ3) is 3.24. The van der Waals surface area contributed by atoms with Crippen LogP contribution in [-0.2, 0) is 11.3 Å². The average Bonchev–Trinajstić information content (AvgIpc) is 3.27. The lowest BCUT2D eigenvalue weighted by Gasteiger charge is -2.08. The summed E-state index contributed by atoms with van der Waals surface area (Å²) < 4.78 is 5.14. The maximum atomic E-state index is 11.7. The molecule has 0 aliphatic heterocycles. The highest BCUT2D eigenvalue weighted by Gasteiger charge is 2.29. The predicted octanol–water partition coefficient (Wildman–Crippen LogP) is 3.25. The zero-order valence-corrected chi connectivity index (χ0v) is 12.3. The molecule has 0 saturated heterocycles. The first kappa shape index (κ1) is 13.7. The van der Waals surface area contributed by atoms with Crippen molar-refractivity contribution in [1.29, 1.82) is 0 Å². The fourth-order valence-corrected chi connectivity index (χ4v) is 2.21. The summed E-state index contributed by atoms with van der Waals surface area (Å²) in [5.74, 6) is 1.20. The smallest absolute Gasteiger partial charge is 0.227 e. The SMILES string of the molecule is Cc1noc(C)c1CNc1ccc(NC(=O)C2CC2)cc1. The van der Waals surface area contributed by atoms with Crippen molar-refractivity contribution >= 4 is 17.3 Å². The lowest BCUT2D eigenvalue weighted by atomic mass is 10.2. The highest BCUT2D eigenvalue weighted by molar-refractivity contribution is 5.94. The molecule has 2 aromatic rings.